The zero-order valence-corrected chi connectivity index (χ0v) is 13.9. The predicted octanol–water partition coefficient (Wildman–Crippen LogP) is 3.64. The van der Waals surface area contributed by atoms with Crippen molar-refractivity contribution in [2.24, 2.45) is 0 Å². The molecule has 0 aliphatic rings. The van der Waals surface area contributed by atoms with E-state index in [9.17, 15) is 0 Å². The highest BCUT2D eigenvalue weighted by Crippen LogP contribution is 2.20. The van der Waals surface area contributed by atoms with Crippen molar-refractivity contribution in [3.05, 3.63) is 0 Å². The third kappa shape index (κ3) is 7.21. The van der Waals surface area contributed by atoms with Crippen LogP contribution in [0.25, 0.3) is 0 Å². The van der Waals surface area contributed by atoms with Gasteiger partial charge in [-0.1, -0.05) is 29.0 Å². The summed E-state index contributed by atoms with van der Waals surface area (Å²) in [7, 11) is -2.35. The van der Waals surface area contributed by atoms with Crippen molar-refractivity contribution in [2.75, 3.05) is 24.2 Å². The Bertz CT molecular complexity index is 141. The number of alkyl halides is 1. The van der Waals surface area contributed by atoms with Crippen molar-refractivity contribution >= 4 is 31.4 Å². The molecular formula is C11H25IO3Si. The molecule has 98 valence electrons. The first-order valence-corrected chi connectivity index (χ1v) is 9.68. The largest absolute Gasteiger partial charge is 0.500 e. The van der Waals surface area contributed by atoms with Gasteiger partial charge in [0, 0.05) is 25.9 Å². The molecule has 0 aromatic rings. The Morgan fingerprint density at radius 3 is 1.69 bits per heavy atom. The van der Waals surface area contributed by atoms with E-state index in [0.29, 0.717) is 19.8 Å². The van der Waals surface area contributed by atoms with Gasteiger partial charge in [0.05, 0.1) is 0 Å². The number of halogens is 1. The minimum atomic E-state index is -2.35. The molecule has 0 saturated carbocycles. The van der Waals surface area contributed by atoms with Crippen LogP contribution in [-0.2, 0) is 13.3 Å². The first-order chi connectivity index (χ1) is 7.74. The predicted molar refractivity (Wildman–Crippen MR) is 78.2 cm³/mol. The van der Waals surface area contributed by atoms with E-state index in [1.54, 1.807) is 0 Å². The van der Waals surface area contributed by atoms with Crippen molar-refractivity contribution in [3.8, 4) is 0 Å². The standard InChI is InChI=1S/C11H25IO3Si/c1-4-13-16(14-5-2,15-6-3)11-9-7-8-10-12/h4-11H2,1-3H3. The van der Waals surface area contributed by atoms with Gasteiger partial charge in [-0.3, -0.25) is 0 Å². The Morgan fingerprint density at radius 2 is 1.31 bits per heavy atom. The van der Waals surface area contributed by atoms with Crippen LogP contribution in [0.4, 0.5) is 0 Å². The summed E-state index contributed by atoms with van der Waals surface area (Å²) in [5.41, 5.74) is 0. The van der Waals surface area contributed by atoms with Gasteiger partial charge in [-0.2, -0.15) is 0 Å². The molecule has 0 bridgehead atoms. The van der Waals surface area contributed by atoms with E-state index in [-0.39, 0.29) is 0 Å². The molecule has 0 fully saturated rings. The number of rotatable bonds is 11. The molecule has 0 atom stereocenters. The fraction of sp³-hybridized carbons (Fsp3) is 1.00. The summed E-state index contributed by atoms with van der Waals surface area (Å²) in [5.74, 6) is 0. The maximum Gasteiger partial charge on any atom is 0.500 e. The second kappa shape index (κ2) is 10.9. The Morgan fingerprint density at radius 1 is 0.812 bits per heavy atom. The van der Waals surface area contributed by atoms with Gasteiger partial charge in [-0.15, -0.1) is 0 Å². The fourth-order valence-electron chi connectivity index (χ4n) is 1.61. The average molecular weight is 360 g/mol. The van der Waals surface area contributed by atoms with Gasteiger partial charge in [0.15, 0.2) is 0 Å². The average Bonchev–Trinajstić information content (AvgIpc) is 2.26. The van der Waals surface area contributed by atoms with Crippen LogP contribution < -0.4 is 0 Å². The maximum atomic E-state index is 5.78. The topological polar surface area (TPSA) is 27.7 Å². The van der Waals surface area contributed by atoms with E-state index in [1.807, 2.05) is 20.8 Å². The van der Waals surface area contributed by atoms with E-state index < -0.39 is 8.80 Å². The van der Waals surface area contributed by atoms with E-state index >= 15 is 0 Å². The Balaban J connectivity index is 4.12. The third-order valence-electron chi connectivity index (χ3n) is 2.21. The second-order valence-electron chi connectivity index (χ2n) is 3.48. The summed E-state index contributed by atoms with van der Waals surface area (Å²) >= 11 is 2.42. The third-order valence-corrected chi connectivity index (χ3v) is 6.12. The van der Waals surface area contributed by atoms with Crippen LogP contribution in [0.1, 0.15) is 40.0 Å². The Labute approximate surface area is 115 Å². The molecule has 0 aliphatic heterocycles. The number of hydrogen-bond donors (Lipinski definition) is 0. The van der Waals surface area contributed by atoms with Gasteiger partial charge in [-0.05, 0) is 38.0 Å². The summed E-state index contributed by atoms with van der Waals surface area (Å²) in [6.07, 6.45) is 3.66. The minimum Gasteiger partial charge on any atom is -0.374 e. The van der Waals surface area contributed by atoms with Crippen LogP contribution in [0.15, 0.2) is 0 Å². The van der Waals surface area contributed by atoms with Crippen LogP contribution >= 0.6 is 22.6 Å². The Hall–Kier alpha value is 0.827. The summed E-state index contributed by atoms with van der Waals surface area (Å²) in [5, 5.41) is 0. The summed E-state index contributed by atoms with van der Waals surface area (Å²) in [6.45, 7) is 8.05. The molecule has 0 radical (unpaired) electrons. The molecule has 0 heterocycles. The first-order valence-electron chi connectivity index (χ1n) is 6.22. The van der Waals surface area contributed by atoms with Crippen LogP contribution in [0.2, 0.25) is 6.04 Å². The van der Waals surface area contributed by atoms with Crippen LogP contribution in [-0.4, -0.2) is 33.1 Å². The molecule has 0 aromatic heterocycles. The van der Waals surface area contributed by atoms with Crippen LogP contribution in [0, 0.1) is 0 Å². The van der Waals surface area contributed by atoms with E-state index in [2.05, 4.69) is 22.6 Å². The molecule has 0 aliphatic carbocycles. The molecule has 0 amide bonds. The SMILES string of the molecule is CCO[Si](CCCCCI)(OCC)OCC. The first kappa shape index (κ1) is 16.8. The Kier molecular flexibility index (Phi) is 11.5. The zero-order valence-electron chi connectivity index (χ0n) is 10.8. The summed E-state index contributed by atoms with van der Waals surface area (Å²) in [6, 6.07) is 0.958. The minimum absolute atomic E-state index is 0.679. The lowest BCUT2D eigenvalue weighted by Gasteiger charge is -2.28. The van der Waals surface area contributed by atoms with Gasteiger partial charge in [0.2, 0.25) is 0 Å². The summed E-state index contributed by atoms with van der Waals surface area (Å²) in [4.78, 5) is 0. The molecule has 3 nitrogen and oxygen atoms in total. The van der Waals surface area contributed by atoms with Gasteiger partial charge >= 0.3 is 8.80 Å². The van der Waals surface area contributed by atoms with E-state index in [0.717, 1.165) is 12.5 Å². The molecule has 0 saturated heterocycles. The lowest BCUT2D eigenvalue weighted by atomic mass is 10.3. The highest BCUT2D eigenvalue weighted by Gasteiger charge is 2.39. The smallest absolute Gasteiger partial charge is 0.374 e. The molecule has 0 unspecified atom stereocenters. The molecule has 0 rings (SSSR count). The molecular weight excluding hydrogens is 335 g/mol. The van der Waals surface area contributed by atoms with Gasteiger partial charge in [0.1, 0.15) is 0 Å². The maximum absolute atomic E-state index is 5.78. The van der Waals surface area contributed by atoms with Crippen LogP contribution in [0.3, 0.4) is 0 Å². The lowest BCUT2D eigenvalue weighted by molar-refractivity contribution is 0.0707. The fourth-order valence-corrected chi connectivity index (χ4v) is 4.84. The molecule has 5 heteroatoms. The molecule has 0 spiro atoms. The van der Waals surface area contributed by atoms with Gasteiger partial charge in [0.25, 0.3) is 0 Å². The number of unbranched alkanes of at least 4 members (excludes halogenated alkanes) is 2. The van der Waals surface area contributed by atoms with Crippen molar-refractivity contribution in [3.63, 3.8) is 0 Å². The van der Waals surface area contributed by atoms with Crippen LogP contribution in [0.5, 0.6) is 0 Å². The molecule has 0 aromatic carbocycles. The van der Waals surface area contributed by atoms with Gasteiger partial charge in [-0.25, -0.2) is 0 Å². The monoisotopic (exact) mass is 360 g/mol. The molecule has 0 N–H and O–H groups in total. The van der Waals surface area contributed by atoms with E-state index in [1.165, 1.54) is 17.3 Å². The van der Waals surface area contributed by atoms with Crippen molar-refractivity contribution in [2.45, 2.75) is 46.1 Å². The highest BCUT2D eigenvalue weighted by molar-refractivity contribution is 14.1. The van der Waals surface area contributed by atoms with Crippen molar-refractivity contribution in [1.29, 1.82) is 0 Å². The highest BCUT2D eigenvalue weighted by atomic mass is 127. The lowest BCUT2D eigenvalue weighted by Crippen LogP contribution is -2.45. The summed E-state index contributed by atoms with van der Waals surface area (Å²) < 4.78 is 18.6. The zero-order chi connectivity index (χ0) is 12.3. The van der Waals surface area contributed by atoms with Crippen molar-refractivity contribution in [1.82, 2.24) is 0 Å². The quantitative estimate of drug-likeness (QED) is 0.244. The molecule has 16 heavy (non-hydrogen) atoms. The second-order valence-corrected chi connectivity index (χ2v) is 7.29. The number of hydrogen-bond acceptors (Lipinski definition) is 3. The van der Waals surface area contributed by atoms with Crippen molar-refractivity contribution < 1.29 is 13.3 Å². The van der Waals surface area contributed by atoms with Gasteiger partial charge < -0.3 is 13.3 Å². The van der Waals surface area contributed by atoms with E-state index in [4.69, 9.17) is 13.3 Å². The normalized spacial score (nSPS) is 12.0.